The summed E-state index contributed by atoms with van der Waals surface area (Å²) in [6.45, 7) is 8.81. The predicted octanol–water partition coefficient (Wildman–Crippen LogP) is -0.559. The largest absolute Gasteiger partial charge is 0.480 e. The number of carboxylic acid groups (broad SMARTS) is 1. The highest BCUT2D eigenvalue weighted by Crippen LogP contribution is 2.15. The van der Waals surface area contributed by atoms with Gasteiger partial charge >= 0.3 is 12.0 Å². The molecule has 0 aliphatic carbocycles. The van der Waals surface area contributed by atoms with E-state index in [1.165, 1.54) is 0 Å². The monoisotopic (exact) mass is 300 g/mol. The SMILES string of the molecule is CC(C)(C)N1CCN(C(=O)N[C@@H](CC(N)=O)C(=O)O)CC1. The molecule has 1 rings (SSSR count). The molecule has 3 amide bonds. The van der Waals surface area contributed by atoms with Crippen LogP contribution in [-0.2, 0) is 9.59 Å². The highest BCUT2D eigenvalue weighted by Gasteiger charge is 2.30. The molecule has 1 saturated heterocycles. The number of piperazine rings is 1. The average molecular weight is 300 g/mol. The minimum Gasteiger partial charge on any atom is -0.480 e. The van der Waals surface area contributed by atoms with Gasteiger partial charge in [-0.15, -0.1) is 0 Å². The van der Waals surface area contributed by atoms with E-state index < -0.39 is 30.4 Å². The lowest BCUT2D eigenvalue weighted by Gasteiger charge is -2.42. The second-order valence-electron chi connectivity index (χ2n) is 6.16. The van der Waals surface area contributed by atoms with Crippen molar-refractivity contribution in [1.82, 2.24) is 15.1 Å². The van der Waals surface area contributed by atoms with Crippen LogP contribution in [-0.4, -0.2) is 70.6 Å². The molecule has 8 heteroatoms. The Hall–Kier alpha value is -1.83. The van der Waals surface area contributed by atoms with Crippen molar-refractivity contribution in [3.05, 3.63) is 0 Å². The first kappa shape index (κ1) is 17.2. The number of nitrogens with two attached hydrogens (primary N) is 1. The van der Waals surface area contributed by atoms with Crippen LogP contribution >= 0.6 is 0 Å². The minimum absolute atomic E-state index is 0.0398. The summed E-state index contributed by atoms with van der Waals surface area (Å²) >= 11 is 0. The predicted molar refractivity (Wildman–Crippen MR) is 76.7 cm³/mol. The second kappa shape index (κ2) is 6.75. The van der Waals surface area contributed by atoms with E-state index in [0.717, 1.165) is 13.1 Å². The van der Waals surface area contributed by atoms with Crippen LogP contribution in [0.2, 0.25) is 0 Å². The quantitative estimate of drug-likeness (QED) is 0.643. The van der Waals surface area contributed by atoms with Crippen LogP contribution in [0.25, 0.3) is 0 Å². The van der Waals surface area contributed by atoms with Crippen molar-refractivity contribution in [2.45, 2.75) is 38.8 Å². The molecule has 1 aliphatic rings. The zero-order valence-corrected chi connectivity index (χ0v) is 12.8. The highest BCUT2D eigenvalue weighted by molar-refractivity contribution is 5.87. The van der Waals surface area contributed by atoms with Gasteiger partial charge < -0.3 is 21.1 Å². The molecule has 0 spiro atoms. The smallest absolute Gasteiger partial charge is 0.326 e. The molecule has 0 aromatic carbocycles. The summed E-state index contributed by atoms with van der Waals surface area (Å²) in [7, 11) is 0. The van der Waals surface area contributed by atoms with Gasteiger partial charge in [-0.25, -0.2) is 9.59 Å². The number of hydrogen-bond acceptors (Lipinski definition) is 4. The molecular formula is C13H24N4O4. The Labute approximate surface area is 124 Å². The molecule has 21 heavy (non-hydrogen) atoms. The third-order valence-electron chi connectivity index (χ3n) is 3.52. The van der Waals surface area contributed by atoms with Gasteiger partial charge in [-0.1, -0.05) is 0 Å². The van der Waals surface area contributed by atoms with Crippen LogP contribution < -0.4 is 11.1 Å². The van der Waals surface area contributed by atoms with Gasteiger partial charge in [0.1, 0.15) is 6.04 Å². The maximum absolute atomic E-state index is 12.0. The lowest BCUT2D eigenvalue weighted by atomic mass is 10.1. The minimum atomic E-state index is -1.28. The standard InChI is InChI=1S/C13H24N4O4/c1-13(2,3)17-6-4-16(5-7-17)12(21)15-9(11(19)20)8-10(14)18/h9H,4-8H2,1-3H3,(H2,14,18)(H,15,21)(H,19,20)/t9-/m0/s1. The number of urea groups is 1. The molecule has 1 heterocycles. The zero-order chi connectivity index (χ0) is 16.2. The highest BCUT2D eigenvalue weighted by atomic mass is 16.4. The normalized spacial score (nSPS) is 18.1. The fraction of sp³-hybridized carbons (Fsp3) is 0.769. The maximum Gasteiger partial charge on any atom is 0.326 e. The third-order valence-corrected chi connectivity index (χ3v) is 3.52. The molecule has 4 N–H and O–H groups in total. The van der Waals surface area contributed by atoms with Gasteiger partial charge in [0, 0.05) is 31.7 Å². The lowest BCUT2D eigenvalue weighted by Crippen LogP contribution is -2.58. The van der Waals surface area contributed by atoms with E-state index >= 15 is 0 Å². The number of amides is 3. The van der Waals surface area contributed by atoms with Crippen molar-refractivity contribution in [3.8, 4) is 0 Å². The van der Waals surface area contributed by atoms with E-state index in [0.29, 0.717) is 13.1 Å². The number of nitrogens with zero attached hydrogens (tertiary/aromatic N) is 2. The van der Waals surface area contributed by atoms with Gasteiger partial charge in [0.05, 0.1) is 6.42 Å². The summed E-state index contributed by atoms with van der Waals surface area (Å²) in [5, 5.41) is 11.3. The molecule has 1 atom stereocenters. The molecule has 0 saturated carbocycles. The van der Waals surface area contributed by atoms with Gasteiger partial charge in [0.2, 0.25) is 5.91 Å². The zero-order valence-electron chi connectivity index (χ0n) is 12.8. The van der Waals surface area contributed by atoms with E-state index in [1.54, 1.807) is 4.90 Å². The van der Waals surface area contributed by atoms with Crippen molar-refractivity contribution in [2.75, 3.05) is 26.2 Å². The summed E-state index contributed by atoms with van der Waals surface area (Å²) in [6.07, 6.45) is -0.414. The van der Waals surface area contributed by atoms with Gasteiger partial charge in [-0.05, 0) is 20.8 Å². The molecule has 1 fully saturated rings. The topological polar surface area (TPSA) is 116 Å². The summed E-state index contributed by atoms with van der Waals surface area (Å²) in [5.74, 6) is -2.03. The number of nitrogens with one attached hydrogen (secondary N) is 1. The Morgan fingerprint density at radius 1 is 1.19 bits per heavy atom. The molecule has 1 aliphatic heterocycles. The lowest BCUT2D eigenvalue weighted by molar-refractivity contribution is -0.141. The van der Waals surface area contributed by atoms with Gasteiger partial charge in [-0.2, -0.15) is 0 Å². The third kappa shape index (κ3) is 5.22. The number of primary amides is 1. The molecule has 0 aromatic rings. The van der Waals surface area contributed by atoms with Crippen molar-refractivity contribution in [3.63, 3.8) is 0 Å². The van der Waals surface area contributed by atoms with E-state index in [9.17, 15) is 14.4 Å². The Kier molecular flexibility index (Phi) is 5.54. The van der Waals surface area contributed by atoms with Crippen molar-refractivity contribution in [2.24, 2.45) is 5.73 Å². The number of rotatable bonds is 4. The maximum atomic E-state index is 12.0. The fourth-order valence-electron chi connectivity index (χ4n) is 2.22. The Balaban J connectivity index is 2.53. The van der Waals surface area contributed by atoms with Crippen molar-refractivity contribution >= 4 is 17.9 Å². The first-order valence-electron chi connectivity index (χ1n) is 6.93. The van der Waals surface area contributed by atoms with Crippen LogP contribution in [0.3, 0.4) is 0 Å². The van der Waals surface area contributed by atoms with Crippen LogP contribution in [0.4, 0.5) is 4.79 Å². The molecule has 0 bridgehead atoms. The summed E-state index contributed by atoms with van der Waals surface area (Å²) < 4.78 is 0. The second-order valence-corrected chi connectivity index (χ2v) is 6.16. The van der Waals surface area contributed by atoms with Gasteiger partial charge in [-0.3, -0.25) is 9.69 Å². The van der Waals surface area contributed by atoms with Crippen molar-refractivity contribution < 1.29 is 19.5 Å². The van der Waals surface area contributed by atoms with Gasteiger partial charge in [0.25, 0.3) is 0 Å². The van der Waals surface area contributed by atoms with Crippen LogP contribution in [0, 0.1) is 0 Å². The van der Waals surface area contributed by atoms with E-state index in [4.69, 9.17) is 10.8 Å². The fourth-order valence-corrected chi connectivity index (χ4v) is 2.22. The van der Waals surface area contributed by atoms with E-state index in [-0.39, 0.29) is 5.54 Å². The molecule has 0 radical (unpaired) electrons. The van der Waals surface area contributed by atoms with E-state index in [1.807, 2.05) is 0 Å². The summed E-state index contributed by atoms with van der Waals surface area (Å²) in [5.41, 5.74) is 5.02. The average Bonchev–Trinajstić information content (AvgIpc) is 2.36. The first-order chi connectivity index (χ1) is 9.61. The Morgan fingerprint density at radius 3 is 2.10 bits per heavy atom. The molecule has 0 unspecified atom stereocenters. The number of aliphatic carboxylic acids is 1. The molecule has 8 nitrogen and oxygen atoms in total. The summed E-state index contributed by atoms with van der Waals surface area (Å²) in [4.78, 5) is 37.6. The van der Waals surface area contributed by atoms with Crippen LogP contribution in [0.15, 0.2) is 0 Å². The van der Waals surface area contributed by atoms with Crippen molar-refractivity contribution in [1.29, 1.82) is 0 Å². The van der Waals surface area contributed by atoms with Crippen LogP contribution in [0.5, 0.6) is 0 Å². The van der Waals surface area contributed by atoms with Gasteiger partial charge in [0.15, 0.2) is 0 Å². The number of carbonyl (C=O) groups excluding carboxylic acids is 2. The number of carbonyl (C=O) groups is 3. The van der Waals surface area contributed by atoms with E-state index in [2.05, 4.69) is 31.0 Å². The molecule has 120 valence electrons. The number of carboxylic acids is 1. The molecular weight excluding hydrogens is 276 g/mol. The molecule has 0 aromatic heterocycles. The number of hydrogen-bond donors (Lipinski definition) is 3. The Bertz CT molecular complexity index is 411. The first-order valence-corrected chi connectivity index (χ1v) is 6.93. The van der Waals surface area contributed by atoms with Crippen LogP contribution in [0.1, 0.15) is 27.2 Å². The Morgan fingerprint density at radius 2 is 1.71 bits per heavy atom. The summed E-state index contributed by atoms with van der Waals surface area (Å²) in [6, 6.07) is -1.76.